The maximum atomic E-state index is 15.1. The lowest BCUT2D eigenvalue weighted by Gasteiger charge is -2.07. The van der Waals surface area contributed by atoms with Crippen LogP contribution in [-0.4, -0.2) is 45.6 Å². The van der Waals surface area contributed by atoms with Crippen LogP contribution in [0.4, 0.5) is 10.1 Å². The number of nitrogens with one attached hydrogen (secondary N) is 3. The van der Waals surface area contributed by atoms with Crippen LogP contribution in [0.3, 0.4) is 0 Å². The fraction of sp³-hybridized carbons (Fsp3) is 0.154. The summed E-state index contributed by atoms with van der Waals surface area (Å²) >= 11 is 0. The Bertz CT molecular complexity index is 1780. The summed E-state index contributed by atoms with van der Waals surface area (Å²) in [6, 6.07) is 6.84. The molecule has 184 valence electrons. The largest absolute Gasteiger partial charge is 0.336 e. The van der Waals surface area contributed by atoms with E-state index >= 15 is 4.39 Å². The molecule has 37 heavy (non-hydrogen) atoms. The van der Waals surface area contributed by atoms with Gasteiger partial charge in [0.15, 0.2) is 17.5 Å². The van der Waals surface area contributed by atoms with E-state index in [4.69, 9.17) is 4.98 Å². The third-order valence-electron chi connectivity index (χ3n) is 6.02. The number of imidazole rings is 2. The van der Waals surface area contributed by atoms with E-state index in [2.05, 4.69) is 35.5 Å². The Morgan fingerprint density at radius 3 is 2.84 bits per heavy atom. The lowest BCUT2D eigenvalue weighted by molar-refractivity contribution is -0.116. The van der Waals surface area contributed by atoms with Crippen molar-refractivity contribution in [3.63, 3.8) is 0 Å². The molecule has 3 N–H and O–H groups in total. The zero-order valence-corrected chi connectivity index (χ0v) is 20.1. The number of nitrogens with zero attached hydrogens (tertiary/aromatic N) is 6. The maximum absolute atomic E-state index is 15.1. The molecule has 0 saturated carbocycles. The molecule has 5 aromatic heterocycles. The monoisotopic (exact) mass is 495 g/mol. The number of amides is 1. The first-order chi connectivity index (χ1) is 18.0. The Hall–Kier alpha value is -4.93. The lowest BCUT2D eigenvalue weighted by Crippen LogP contribution is -2.10. The van der Waals surface area contributed by atoms with Crippen LogP contribution in [0.15, 0.2) is 55.4 Å². The van der Waals surface area contributed by atoms with E-state index in [-0.39, 0.29) is 11.4 Å². The van der Waals surface area contributed by atoms with Gasteiger partial charge in [-0.15, -0.1) is 0 Å². The maximum Gasteiger partial charge on any atom is 0.224 e. The molecule has 0 aliphatic rings. The molecule has 0 aliphatic heterocycles. The summed E-state index contributed by atoms with van der Waals surface area (Å²) in [4.78, 5) is 33.0. The van der Waals surface area contributed by atoms with Crippen LogP contribution in [0.25, 0.3) is 50.4 Å². The second-order valence-electron chi connectivity index (χ2n) is 8.75. The number of carbonyl (C=O) groups excluding carboxylic acids is 1. The Morgan fingerprint density at radius 1 is 1.14 bits per heavy atom. The summed E-state index contributed by atoms with van der Waals surface area (Å²) < 4.78 is 17.0. The standard InChI is InChI=1S/C26H22FN9O/c1-3-4-21(37)31-17-7-16(10-28-11-17)15-8-18-22(19(27)9-15)34-35-23(18)25-32-20-5-6-29-26(24(20)33-25)36-12-14(2)30-13-36/h5-13H,3-4H2,1-2H3,(H,31,37)(H,32,33)(H,34,35). The van der Waals surface area contributed by atoms with Crippen LogP contribution in [0.1, 0.15) is 25.5 Å². The smallest absolute Gasteiger partial charge is 0.224 e. The van der Waals surface area contributed by atoms with Gasteiger partial charge in [-0.1, -0.05) is 6.92 Å². The second kappa shape index (κ2) is 8.94. The number of aromatic amines is 2. The molecule has 11 heteroatoms. The van der Waals surface area contributed by atoms with Crippen LogP contribution >= 0.6 is 0 Å². The highest BCUT2D eigenvalue weighted by Crippen LogP contribution is 2.33. The normalized spacial score (nSPS) is 11.4. The van der Waals surface area contributed by atoms with Crippen molar-refractivity contribution in [1.82, 2.24) is 39.7 Å². The van der Waals surface area contributed by atoms with Crippen LogP contribution in [-0.2, 0) is 4.79 Å². The minimum atomic E-state index is -0.484. The van der Waals surface area contributed by atoms with E-state index in [0.717, 1.165) is 17.6 Å². The van der Waals surface area contributed by atoms with Gasteiger partial charge in [-0.05, 0) is 43.2 Å². The second-order valence-corrected chi connectivity index (χ2v) is 8.75. The van der Waals surface area contributed by atoms with Gasteiger partial charge in [0.25, 0.3) is 0 Å². The number of fused-ring (bicyclic) bond motifs is 2. The fourth-order valence-electron chi connectivity index (χ4n) is 4.30. The minimum Gasteiger partial charge on any atom is -0.336 e. The summed E-state index contributed by atoms with van der Waals surface area (Å²) in [7, 11) is 0. The van der Waals surface area contributed by atoms with Crippen molar-refractivity contribution in [2.45, 2.75) is 26.7 Å². The Balaban J connectivity index is 1.43. The van der Waals surface area contributed by atoms with Gasteiger partial charge >= 0.3 is 0 Å². The highest BCUT2D eigenvalue weighted by Gasteiger charge is 2.18. The fourth-order valence-corrected chi connectivity index (χ4v) is 4.30. The molecule has 1 amide bonds. The number of aromatic nitrogens is 8. The minimum absolute atomic E-state index is 0.0928. The Kier molecular flexibility index (Phi) is 5.44. The van der Waals surface area contributed by atoms with Gasteiger partial charge in [-0.3, -0.25) is 19.4 Å². The zero-order valence-electron chi connectivity index (χ0n) is 20.1. The molecule has 5 heterocycles. The van der Waals surface area contributed by atoms with E-state index in [1.54, 1.807) is 31.0 Å². The van der Waals surface area contributed by atoms with E-state index in [1.807, 2.05) is 36.7 Å². The molecule has 0 saturated heterocycles. The van der Waals surface area contributed by atoms with Crippen molar-refractivity contribution in [1.29, 1.82) is 0 Å². The van der Waals surface area contributed by atoms with E-state index in [0.29, 0.717) is 51.5 Å². The summed E-state index contributed by atoms with van der Waals surface area (Å²) in [6.07, 6.45) is 9.60. The average molecular weight is 496 g/mol. The van der Waals surface area contributed by atoms with Crippen molar-refractivity contribution in [3.8, 4) is 28.5 Å². The molecule has 0 atom stereocenters. The molecule has 0 radical (unpaired) electrons. The Labute approximate surface area is 210 Å². The van der Waals surface area contributed by atoms with Crippen LogP contribution in [0, 0.1) is 12.7 Å². The summed E-state index contributed by atoms with van der Waals surface area (Å²) in [5.74, 6) is 0.552. The highest BCUT2D eigenvalue weighted by molar-refractivity contribution is 5.97. The van der Waals surface area contributed by atoms with Crippen molar-refractivity contribution in [3.05, 3.63) is 66.9 Å². The summed E-state index contributed by atoms with van der Waals surface area (Å²) in [5, 5.41) is 10.5. The molecule has 0 bridgehead atoms. The number of hydrogen-bond donors (Lipinski definition) is 3. The van der Waals surface area contributed by atoms with Crippen LogP contribution in [0.2, 0.25) is 0 Å². The summed E-state index contributed by atoms with van der Waals surface area (Å²) in [5.41, 5.74) is 4.83. The molecule has 0 spiro atoms. The highest BCUT2D eigenvalue weighted by atomic mass is 19.1. The zero-order chi connectivity index (χ0) is 25.5. The summed E-state index contributed by atoms with van der Waals surface area (Å²) in [6.45, 7) is 3.84. The molecule has 0 aliphatic carbocycles. The van der Waals surface area contributed by atoms with Crippen LogP contribution in [0.5, 0.6) is 0 Å². The van der Waals surface area contributed by atoms with Crippen LogP contribution < -0.4 is 5.32 Å². The van der Waals surface area contributed by atoms with Crippen molar-refractivity contribution >= 4 is 33.5 Å². The molecule has 0 unspecified atom stereocenters. The van der Waals surface area contributed by atoms with Gasteiger partial charge in [-0.25, -0.2) is 19.3 Å². The molecular weight excluding hydrogens is 473 g/mol. The number of carbonyl (C=O) groups is 1. The van der Waals surface area contributed by atoms with Gasteiger partial charge in [0.05, 0.1) is 23.1 Å². The number of aryl methyl sites for hydroxylation is 1. The van der Waals surface area contributed by atoms with Gasteiger partial charge in [0.2, 0.25) is 5.91 Å². The third-order valence-corrected chi connectivity index (χ3v) is 6.02. The number of anilines is 1. The molecule has 1 aromatic carbocycles. The molecular formula is C26H22FN9O. The van der Waals surface area contributed by atoms with Gasteiger partial charge in [-0.2, -0.15) is 5.10 Å². The molecule has 0 fully saturated rings. The molecule has 6 aromatic rings. The van der Waals surface area contributed by atoms with Gasteiger partial charge in [0.1, 0.15) is 23.1 Å². The van der Waals surface area contributed by atoms with E-state index in [9.17, 15) is 4.79 Å². The lowest BCUT2D eigenvalue weighted by atomic mass is 10.0. The average Bonchev–Trinajstić information content (AvgIpc) is 3.61. The molecule has 10 nitrogen and oxygen atoms in total. The number of halogens is 1. The topological polar surface area (TPSA) is 130 Å². The van der Waals surface area contributed by atoms with E-state index in [1.165, 1.54) is 6.07 Å². The number of hydrogen-bond acceptors (Lipinski definition) is 6. The first-order valence-corrected chi connectivity index (χ1v) is 11.8. The first-order valence-electron chi connectivity index (χ1n) is 11.8. The number of rotatable bonds is 6. The van der Waals surface area contributed by atoms with Crippen molar-refractivity contribution in [2.75, 3.05) is 5.32 Å². The van der Waals surface area contributed by atoms with Crippen molar-refractivity contribution < 1.29 is 9.18 Å². The van der Waals surface area contributed by atoms with Gasteiger partial charge in [0, 0.05) is 36.0 Å². The van der Waals surface area contributed by atoms with E-state index < -0.39 is 5.82 Å². The number of pyridine rings is 2. The SMILES string of the molecule is CCCC(=O)Nc1cncc(-c2cc(F)c3n[nH]c(-c4nc5c(-n6cnc(C)c6)nccc5[nH]4)c3c2)c1. The number of benzene rings is 1. The quantitative estimate of drug-likeness (QED) is 0.300. The first kappa shape index (κ1) is 22.5. The number of H-pyrrole nitrogens is 2. The predicted molar refractivity (Wildman–Crippen MR) is 138 cm³/mol. The third kappa shape index (κ3) is 4.10. The van der Waals surface area contributed by atoms with Gasteiger partial charge < -0.3 is 10.3 Å². The Morgan fingerprint density at radius 2 is 2.03 bits per heavy atom. The van der Waals surface area contributed by atoms with Crippen molar-refractivity contribution in [2.24, 2.45) is 0 Å². The predicted octanol–water partition coefficient (Wildman–Crippen LogP) is 4.94. The molecule has 6 rings (SSSR count).